The molecule has 37 heavy (non-hydrogen) atoms. The normalized spacial score (nSPS) is 18.7. The molecule has 0 bridgehead atoms. The van der Waals surface area contributed by atoms with E-state index in [1.165, 1.54) is 0 Å². The quantitative estimate of drug-likeness (QED) is 0.468. The van der Waals surface area contributed by atoms with E-state index in [1.807, 2.05) is 42.8 Å². The van der Waals surface area contributed by atoms with Gasteiger partial charge in [0.05, 0.1) is 43.2 Å². The molecule has 2 atom stereocenters. The number of carbonyl (C=O) groups excluding carboxylic acids is 1. The number of carbonyl (C=O) groups is 1. The minimum absolute atomic E-state index is 0.0377. The molecule has 2 aliphatic rings. The molecule has 11 heteroatoms. The third kappa shape index (κ3) is 4.60. The van der Waals surface area contributed by atoms with Crippen molar-refractivity contribution in [3.8, 4) is 11.4 Å². The van der Waals surface area contributed by atoms with E-state index in [0.29, 0.717) is 44.2 Å². The molecule has 1 saturated heterocycles. The molecule has 1 fully saturated rings. The molecule has 3 aromatic rings. The van der Waals surface area contributed by atoms with Gasteiger partial charge in [-0.1, -0.05) is 6.92 Å². The highest BCUT2D eigenvalue weighted by molar-refractivity contribution is 6.06. The number of aromatic nitrogens is 4. The Morgan fingerprint density at radius 3 is 2.70 bits per heavy atom. The van der Waals surface area contributed by atoms with Gasteiger partial charge in [0.2, 0.25) is 11.9 Å². The Morgan fingerprint density at radius 2 is 2.03 bits per heavy atom. The van der Waals surface area contributed by atoms with Crippen LogP contribution in [0.3, 0.4) is 0 Å². The first-order valence-corrected chi connectivity index (χ1v) is 12.4. The molecule has 0 unspecified atom stereocenters. The summed E-state index contributed by atoms with van der Waals surface area (Å²) >= 11 is 0. The van der Waals surface area contributed by atoms with E-state index in [4.69, 9.17) is 24.2 Å². The molecule has 2 aromatic heterocycles. The number of imidazole rings is 1. The van der Waals surface area contributed by atoms with Crippen molar-refractivity contribution in [2.75, 3.05) is 56.1 Å². The van der Waals surface area contributed by atoms with E-state index in [9.17, 15) is 4.79 Å². The van der Waals surface area contributed by atoms with Crippen LogP contribution in [-0.2, 0) is 20.7 Å². The second-order valence-corrected chi connectivity index (χ2v) is 9.20. The summed E-state index contributed by atoms with van der Waals surface area (Å²) in [7, 11) is 4.96. The monoisotopic (exact) mass is 507 g/mol. The number of ether oxygens (including phenoxy) is 3. The van der Waals surface area contributed by atoms with Crippen LogP contribution < -0.4 is 19.9 Å². The van der Waals surface area contributed by atoms with Crippen molar-refractivity contribution >= 4 is 29.0 Å². The number of amides is 1. The smallest absolute Gasteiger partial charge is 0.250 e. The molecule has 4 heterocycles. The molecule has 0 aliphatic carbocycles. The lowest BCUT2D eigenvalue weighted by Crippen LogP contribution is -2.52. The number of hydrogen-bond acceptors (Lipinski definition) is 9. The Kier molecular flexibility index (Phi) is 6.98. The minimum atomic E-state index is -0.320. The molecule has 0 radical (unpaired) electrons. The fourth-order valence-electron chi connectivity index (χ4n) is 5.05. The number of fused-ring (bicyclic) bond motifs is 3. The first kappa shape index (κ1) is 25.0. The Balaban J connectivity index is 1.52. The van der Waals surface area contributed by atoms with Gasteiger partial charge >= 0.3 is 0 Å². The van der Waals surface area contributed by atoms with Gasteiger partial charge < -0.3 is 33.9 Å². The molecule has 2 aliphatic heterocycles. The average Bonchev–Trinajstić information content (AvgIpc) is 3.55. The topological polar surface area (TPSA) is 107 Å². The Bertz CT molecular complexity index is 1290. The Morgan fingerprint density at radius 1 is 1.19 bits per heavy atom. The number of nitrogens with one attached hydrogen (secondary N) is 1. The van der Waals surface area contributed by atoms with Gasteiger partial charge in [0, 0.05) is 51.7 Å². The van der Waals surface area contributed by atoms with E-state index in [1.54, 1.807) is 32.6 Å². The van der Waals surface area contributed by atoms with Crippen molar-refractivity contribution < 1.29 is 19.0 Å². The van der Waals surface area contributed by atoms with Crippen molar-refractivity contribution in [2.24, 2.45) is 0 Å². The predicted octanol–water partition coefficient (Wildman–Crippen LogP) is 2.87. The first-order valence-electron chi connectivity index (χ1n) is 12.4. The summed E-state index contributed by atoms with van der Waals surface area (Å²) in [6, 6.07) is 5.51. The third-order valence-electron chi connectivity index (χ3n) is 6.91. The summed E-state index contributed by atoms with van der Waals surface area (Å²) in [6.45, 7) is 5.45. The molecule has 0 spiro atoms. The van der Waals surface area contributed by atoms with Gasteiger partial charge in [-0.05, 0) is 25.5 Å². The van der Waals surface area contributed by atoms with Gasteiger partial charge in [-0.15, -0.1) is 0 Å². The number of hydrogen-bond donors (Lipinski definition) is 1. The van der Waals surface area contributed by atoms with E-state index < -0.39 is 0 Å². The molecule has 196 valence electrons. The van der Waals surface area contributed by atoms with Crippen LogP contribution in [-0.4, -0.2) is 78.6 Å². The lowest BCUT2D eigenvalue weighted by Gasteiger charge is -2.39. The van der Waals surface area contributed by atoms with Crippen LogP contribution in [0.2, 0.25) is 0 Å². The number of benzene rings is 1. The second-order valence-electron chi connectivity index (χ2n) is 9.20. The van der Waals surface area contributed by atoms with Crippen molar-refractivity contribution in [1.82, 2.24) is 19.5 Å². The van der Waals surface area contributed by atoms with Crippen LogP contribution in [0.5, 0.6) is 5.75 Å². The zero-order valence-electron chi connectivity index (χ0n) is 21.9. The minimum Gasteiger partial charge on any atom is -0.494 e. The van der Waals surface area contributed by atoms with Crippen molar-refractivity contribution in [1.29, 1.82) is 0 Å². The highest BCUT2D eigenvalue weighted by Crippen LogP contribution is 2.42. The summed E-state index contributed by atoms with van der Waals surface area (Å²) in [5, 5.41) is 3.35. The van der Waals surface area contributed by atoms with E-state index >= 15 is 0 Å². The standard InChI is InChI=1S/C26H33N7O4/c1-6-19-23-24(33-14-18(36-4)12-21(33)25(34)32(23)9-10-35-3)30-26(29-19)28-17-7-8-20(22(11-17)37-5)31-13-16(2)27-15-31/h7-8,11,13,15,18,21H,6,9-10,12,14H2,1-5H3,(H,28,29,30)/t18-,21+/m1/s1. The van der Waals surface area contributed by atoms with Crippen molar-refractivity contribution in [3.05, 3.63) is 42.1 Å². The van der Waals surface area contributed by atoms with E-state index in [-0.39, 0.29) is 18.1 Å². The van der Waals surface area contributed by atoms with Crippen molar-refractivity contribution in [3.63, 3.8) is 0 Å². The molecular formula is C26H33N7O4. The van der Waals surface area contributed by atoms with Gasteiger partial charge in [0.15, 0.2) is 5.82 Å². The molecule has 1 aromatic carbocycles. The predicted molar refractivity (Wildman–Crippen MR) is 140 cm³/mol. The molecule has 1 amide bonds. The zero-order chi connectivity index (χ0) is 26.1. The third-order valence-corrected chi connectivity index (χ3v) is 6.91. The summed E-state index contributed by atoms with van der Waals surface area (Å²) in [5.74, 6) is 1.93. The Labute approximate surface area is 216 Å². The fraction of sp³-hybridized carbons (Fsp3) is 0.462. The summed E-state index contributed by atoms with van der Waals surface area (Å²) in [6.07, 6.45) is 4.94. The number of nitrogens with zero attached hydrogens (tertiary/aromatic N) is 6. The maximum Gasteiger partial charge on any atom is 0.250 e. The SMILES string of the molecule is CCc1nc(Nc2ccc(-n3cnc(C)c3)c(OC)c2)nc2c1N(CCOC)C(=O)[C@@H]1C[C@@H](OC)CN21. The molecule has 0 saturated carbocycles. The first-order chi connectivity index (χ1) is 18.0. The maximum atomic E-state index is 13.5. The molecular weight excluding hydrogens is 474 g/mol. The van der Waals surface area contributed by atoms with Crippen LogP contribution >= 0.6 is 0 Å². The molecule has 5 rings (SSSR count). The summed E-state index contributed by atoms with van der Waals surface area (Å²) in [5.41, 5.74) is 4.15. The van der Waals surface area contributed by atoms with Crippen LogP contribution in [0.15, 0.2) is 30.7 Å². The van der Waals surface area contributed by atoms with Crippen LogP contribution in [0.1, 0.15) is 24.7 Å². The fourth-order valence-corrected chi connectivity index (χ4v) is 5.05. The number of methoxy groups -OCH3 is 3. The van der Waals surface area contributed by atoms with E-state index in [2.05, 4.69) is 15.2 Å². The summed E-state index contributed by atoms with van der Waals surface area (Å²) in [4.78, 5) is 31.4. The van der Waals surface area contributed by atoms with Gasteiger partial charge in [-0.25, -0.2) is 9.97 Å². The van der Waals surface area contributed by atoms with Crippen molar-refractivity contribution in [2.45, 2.75) is 38.8 Å². The van der Waals surface area contributed by atoms with Crippen LogP contribution in [0.4, 0.5) is 23.1 Å². The highest BCUT2D eigenvalue weighted by atomic mass is 16.5. The van der Waals surface area contributed by atoms with Gasteiger partial charge in [-0.2, -0.15) is 4.98 Å². The number of rotatable bonds is 9. The van der Waals surface area contributed by atoms with Crippen LogP contribution in [0.25, 0.3) is 5.69 Å². The van der Waals surface area contributed by atoms with Gasteiger partial charge in [0.25, 0.3) is 0 Å². The summed E-state index contributed by atoms with van der Waals surface area (Å²) < 4.78 is 18.5. The van der Waals surface area contributed by atoms with Gasteiger partial charge in [-0.3, -0.25) is 4.79 Å². The second kappa shape index (κ2) is 10.3. The zero-order valence-corrected chi connectivity index (χ0v) is 21.9. The van der Waals surface area contributed by atoms with Gasteiger partial charge in [0.1, 0.15) is 17.5 Å². The molecule has 1 N–H and O–H groups in total. The number of anilines is 4. The van der Waals surface area contributed by atoms with E-state index in [0.717, 1.165) is 34.3 Å². The largest absolute Gasteiger partial charge is 0.494 e. The van der Waals surface area contributed by atoms with Crippen LogP contribution in [0, 0.1) is 6.92 Å². The lowest BCUT2D eigenvalue weighted by atomic mass is 10.1. The lowest BCUT2D eigenvalue weighted by molar-refractivity contribution is -0.120. The molecule has 11 nitrogen and oxygen atoms in total. The average molecular weight is 508 g/mol. The Hall–Kier alpha value is -3.70. The maximum absolute atomic E-state index is 13.5. The number of aryl methyl sites for hydroxylation is 2. The highest BCUT2D eigenvalue weighted by Gasteiger charge is 2.46.